The molecule has 33 heavy (non-hydrogen) atoms. The van der Waals surface area contributed by atoms with E-state index in [-0.39, 0.29) is 30.6 Å². The van der Waals surface area contributed by atoms with E-state index < -0.39 is 0 Å². The maximum atomic E-state index is 12.7. The number of aromatic nitrogens is 4. The van der Waals surface area contributed by atoms with Gasteiger partial charge in [-0.1, -0.05) is 18.1 Å². The number of nitrogens with one attached hydrogen (secondary N) is 1. The zero-order chi connectivity index (χ0) is 23.4. The number of ether oxygens (including phenoxy) is 1. The largest absolute Gasteiger partial charge is 0.479 e. The number of fused-ring (bicyclic) bond motifs is 1. The SMILES string of the molecule is C#CCOc1c(I)cc(I)cc1/C=N\NC(=O)Cn1c(-c2nonc2N)nc2ccccc21. The Morgan fingerprint density at radius 2 is 2.15 bits per heavy atom. The van der Waals surface area contributed by atoms with E-state index in [4.69, 9.17) is 21.5 Å². The van der Waals surface area contributed by atoms with Gasteiger partial charge < -0.3 is 15.0 Å². The van der Waals surface area contributed by atoms with Crippen molar-refractivity contribution < 1.29 is 14.2 Å². The Morgan fingerprint density at radius 1 is 1.33 bits per heavy atom. The monoisotopic (exact) mass is 667 g/mol. The number of hydrogen-bond acceptors (Lipinski definition) is 8. The molecule has 0 aliphatic heterocycles. The van der Waals surface area contributed by atoms with E-state index >= 15 is 0 Å². The molecule has 12 heteroatoms. The van der Waals surface area contributed by atoms with Crippen LogP contribution in [0.4, 0.5) is 5.82 Å². The second-order valence-electron chi connectivity index (χ2n) is 6.60. The van der Waals surface area contributed by atoms with Crippen molar-refractivity contribution in [1.82, 2.24) is 25.3 Å². The van der Waals surface area contributed by atoms with Crippen LogP contribution in [-0.2, 0) is 11.3 Å². The molecule has 0 saturated carbocycles. The number of nitrogen functional groups attached to an aromatic ring is 1. The molecule has 0 aliphatic carbocycles. The normalized spacial score (nSPS) is 11.1. The summed E-state index contributed by atoms with van der Waals surface area (Å²) in [4.78, 5) is 17.2. The summed E-state index contributed by atoms with van der Waals surface area (Å²) < 4.78 is 13.9. The molecule has 1 amide bonds. The van der Waals surface area contributed by atoms with Gasteiger partial charge >= 0.3 is 0 Å². The Kier molecular flexibility index (Phi) is 7.08. The molecule has 0 atom stereocenters. The molecule has 0 bridgehead atoms. The van der Waals surface area contributed by atoms with Crippen molar-refractivity contribution >= 4 is 74.2 Å². The van der Waals surface area contributed by atoms with Crippen LogP contribution < -0.4 is 15.9 Å². The molecule has 0 radical (unpaired) electrons. The summed E-state index contributed by atoms with van der Waals surface area (Å²) in [6, 6.07) is 11.2. The van der Waals surface area contributed by atoms with Crippen LogP contribution in [-0.4, -0.2) is 38.6 Å². The average molecular weight is 667 g/mol. The summed E-state index contributed by atoms with van der Waals surface area (Å²) in [7, 11) is 0. The van der Waals surface area contributed by atoms with Crippen molar-refractivity contribution in [3.05, 3.63) is 49.1 Å². The number of nitrogens with zero attached hydrogens (tertiary/aromatic N) is 5. The van der Waals surface area contributed by atoms with Crippen molar-refractivity contribution in [3.8, 4) is 29.6 Å². The topological polar surface area (TPSA) is 133 Å². The molecule has 0 unspecified atom stereocenters. The Labute approximate surface area is 215 Å². The van der Waals surface area contributed by atoms with E-state index in [2.05, 4.69) is 76.9 Å². The minimum Gasteiger partial charge on any atom is -0.479 e. The number of terminal acetylenes is 1. The fourth-order valence-corrected chi connectivity index (χ4v) is 5.11. The quantitative estimate of drug-likeness (QED) is 0.134. The molecule has 4 aromatic rings. The van der Waals surface area contributed by atoms with Gasteiger partial charge in [-0.2, -0.15) is 5.10 Å². The Bertz CT molecular complexity index is 1400. The van der Waals surface area contributed by atoms with E-state index in [9.17, 15) is 4.79 Å². The van der Waals surface area contributed by atoms with Gasteiger partial charge in [-0.25, -0.2) is 15.0 Å². The predicted octanol–water partition coefficient (Wildman–Crippen LogP) is 3.04. The molecule has 0 spiro atoms. The van der Waals surface area contributed by atoms with E-state index in [1.165, 1.54) is 6.21 Å². The van der Waals surface area contributed by atoms with Crippen molar-refractivity contribution in [2.24, 2.45) is 5.10 Å². The second kappa shape index (κ2) is 10.2. The van der Waals surface area contributed by atoms with Crippen molar-refractivity contribution in [3.63, 3.8) is 0 Å². The van der Waals surface area contributed by atoms with E-state index in [0.717, 1.165) is 12.7 Å². The smallest absolute Gasteiger partial charge is 0.260 e. The lowest BCUT2D eigenvalue weighted by Crippen LogP contribution is -2.23. The molecule has 2 aromatic heterocycles. The number of carbonyl (C=O) groups is 1. The number of para-hydroxylation sites is 2. The van der Waals surface area contributed by atoms with Gasteiger partial charge in [0.1, 0.15) is 18.9 Å². The summed E-state index contributed by atoms with van der Waals surface area (Å²) in [6.45, 7) is 0.0457. The zero-order valence-electron chi connectivity index (χ0n) is 16.8. The summed E-state index contributed by atoms with van der Waals surface area (Å²) in [5.41, 5.74) is 10.7. The van der Waals surface area contributed by atoms with Crippen LogP contribution in [0.25, 0.3) is 22.6 Å². The van der Waals surface area contributed by atoms with Gasteiger partial charge in [0.25, 0.3) is 5.91 Å². The number of carbonyl (C=O) groups excluding carboxylic acids is 1. The first kappa shape index (κ1) is 23.0. The summed E-state index contributed by atoms with van der Waals surface area (Å²) >= 11 is 4.36. The molecule has 0 saturated heterocycles. The molecule has 166 valence electrons. The van der Waals surface area contributed by atoms with Crippen LogP contribution in [0.3, 0.4) is 0 Å². The fourth-order valence-electron chi connectivity index (χ4n) is 3.06. The number of hydrogen-bond donors (Lipinski definition) is 2. The van der Waals surface area contributed by atoms with Crippen LogP contribution in [0.2, 0.25) is 0 Å². The summed E-state index contributed by atoms with van der Waals surface area (Å²) in [5.74, 6) is 3.12. The number of benzene rings is 2. The van der Waals surface area contributed by atoms with Crippen LogP contribution >= 0.6 is 45.2 Å². The standard InChI is InChI=1S/C21H15I2N7O3/c1-2-7-32-19-12(8-13(22)9-14(19)23)10-25-27-17(31)11-30-16-6-4-3-5-15(16)26-21(30)18-20(24)29-33-28-18/h1,3-6,8-10H,7,11H2,(H2,24,29)(H,27,31)/b25-10-. The number of imidazole rings is 1. The van der Waals surface area contributed by atoms with Crippen molar-refractivity contribution in [2.75, 3.05) is 12.3 Å². The average Bonchev–Trinajstić information content (AvgIpc) is 3.36. The molecule has 0 aliphatic rings. The van der Waals surface area contributed by atoms with Gasteiger partial charge in [-0.05, 0) is 79.8 Å². The van der Waals surface area contributed by atoms with E-state index in [0.29, 0.717) is 22.7 Å². The maximum absolute atomic E-state index is 12.7. The van der Waals surface area contributed by atoms with Gasteiger partial charge in [0.2, 0.25) is 0 Å². The lowest BCUT2D eigenvalue weighted by atomic mass is 10.2. The van der Waals surface area contributed by atoms with Crippen LogP contribution in [0.1, 0.15) is 5.56 Å². The Balaban J connectivity index is 1.57. The Hall–Kier alpha value is -3.19. The van der Waals surface area contributed by atoms with Crippen LogP contribution in [0.15, 0.2) is 46.1 Å². The predicted molar refractivity (Wildman–Crippen MR) is 139 cm³/mol. The zero-order valence-corrected chi connectivity index (χ0v) is 21.1. The first-order valence-corrected chi connectivity index (χ1v) is 11.5. The van der Waals surface area contributed by atoms with Gasteiger partial charge in [-0.3, -0.25) is 4.79 Å². The highest BCUT2D eigenvalue weighted by Crippen LogP contribution is 2.28. The molecule has 10 nitrogen and oxygen atoms in total. The highest BCUT2D eigenvalue weighted by atomic mass is 127. The van der Waals surface area contributed by atoms with Crippen molar-refractivity contribution in [2.45, 2.75) is 6.54 Å². The first-order chi connectivity index (χ1) is 16.0. The van der Waals surface area contributed by atoms with Crippen LogP contribution in [0, 0.1) is 19.5 Å². The third-order valence-corrected chi connectivity index (χ3v) is 5.84. The highest BCUT2D eigenvalue weighted by Gasteiger charge is 2.20. The van der Waals surface area contributed by atoms with Gasteiger partial charge in [0, 0.05) is 9.13 Å². The summed E-state index contributed by atoms with van der Waals surface area (Å²) in [6.07, 6.45) is 6.82. The number of rotatable bonds is 7. The minimum absolute atomic E-state index is 0.0796. The maximum Gasteiger partial charge on any atom is 0.260 e. The van der Waals surface area contributed by atoms with Crippen molar-refractivity contribution in [1.29, 1.82) is 0 Å². The molecule has 2 heterocycles. The second-order valence-corrected chi connectivity index (χ2v) is 9.01. The van der Waals surface area contributed by atoms with Gasteiger partial charge in [0.15, 0.2) is 17.3 Å². The lowest BCUT2D eigenvalue weighted by molar-refractivity contribution is -0.121. The third-order valence-electron chi connectivity index (χ3n) is 4.41. The molecule has 2 aromatic carbocycles. The van der Waals surface area contributed by atoms with Gasteiger partial charge in [0.05, 0.1) is 20.8 Å². The lowest BCUT2D eigenvalue weighted by Gasteiger charge is -2.10. The minimum atomic E-state index is -0.378. The van der Waals surface area contributed by atoms with Crippen LogP contribution in [0.5, 0.6) is 5.75 Å². The molecule has 3 N–H and O–H groups in total. The fraction of sp³-hybridized carbons (Fsp3) is 0.0952. The molecule has 4 rings (SSSR count). The number of anilines is 1. The number of nitrogens with two attached hydrogens (primary N) is 1. The number of halogens is 2. The third kappa shape index (κ3) is 5.09. The highest BCUT2D eigenvalue weighted by molar-refractivity contribution is 14.1. The first-order valence-electron chi connectivity index (χ1n) is 9.38. The van der Waals surface area contributed by atoms with E-state index in [1.807, 2.05) is 36.4 Å². The van der Waals surface area contributed by atoms with Gasteiger partial charge in [-0.15, -0.1) is 6.42 Å². The number of hydrazone groups is 1. The summed E-state index contributed by atoms with van der Waals surface area (Å²) in [5, 5.41) is 11.5. The molecule has 0 fully saturated rings. The molecular formula is C21H15I2N7O3. The van der Waals surface area contributed by atoms with E-state index in [1.54, 1.807) is 4.57 Å². The molecular weight excluding hydrogens is 652 g/mol. The Morgan fingerprint density at radius 3 is 2.91 bits per heavy atom. The number of amides is 1.